The SMILES string of the molecule is COc1cccc(N(C)c2cc(C)cc(C)c2)c1N. The van der Waals surface area contributed by atoms with Gasteiger partial charge in [0.05, 0.1) is 18.5 Å². The van der Waals surface area contributed by atoms with Crippen LogP contribution in [0.2, 0.25) is 0 Å². The van der Waals surface area contributed by atoms with Crippen LogP contribution in [0.5, 0.6) is 5.75 Å². The van der Waals surface area contributed by atoms with Crippen LogP contribution in [0.25, 0.3) is 0 Å². The number of ether oxygens (including phenoxy) is 1. The smallest absolute Gasteiger partial charge is 0.143 e. The summed E-state index contributed by atoms with van der Waals surface area (Å²) >= 11 is 0. The number of hydrogen-bond donors (Lipinski definition) is 1. The second-order valence-corrected chi connectivity index (χ2v) is 4.80. The Kier molecular flexibility index (Phi) is 3.65. The Labute approximate surface area is 114 Å². The molecule has 3 nitrogen and oxygen atoms in total. The van der Waals surface area contributed by atoms with Crippen molar-refractivity contribution in [3.8, 4) is 5.75 Å². The number of nitrogens with zero attached hydrogens (tertiary/aromatic N) is 1. The van der Waals surface area contributed by atoms with E-state index in [1.165, 1.54) is 11.1 Å². The van der Waals surface area contributed by atoms with Gasteiger partial charge in [0.1, 0.15) is 5.75 Å². The summed E-state index contributed by atoms with van der Waals surface area (Å²) in [5.74, 6) is 0.703. The first-order valence-corrected chi connectivity index (χ1v) is 6.27. The van der Waals surface area contributed by atoms with Crippen molar-refractivity contribution in [3.05, 3.63) is 47.5 Å². The molecule has 0 aliphatic carbocycles. The van der Waals surface area contributed by atoms with E-state index >= 15 is 0 Å². The predicted octanol–water partition coefficient (Wildman–Crippen LogP) is 3.66. The molecule has 3 heteroatoms. The minimum Gasteiger partial charge on any atom is -0.495 e. The van der Waals surface area contributed by atoms with Gasteiger partial charge in [-0.1, -0.05) is 12.1 Å². The molecule has 0 heterocycles. The number of methoxy groups -OCH3 is 1. The minimum absolute atomic E-state index is 0.659. The first kappa shape index (κ1) is 13.3. The number of nitrogens with two attached hydrogens (primary N) is 1. The molecule has 19 heavy (non-hydrogen) atoms. The van der Waals surface area contributed by atoms with Crippen molar-refractivity contribution >= 4 is 17.1 Å². The van der Waals surface area contributed by atoms with Crippen LogP contribution in [0.1, 0.15) is 11.1 Å². The van der Waals surface area contributed by atoms with Crippen LogP contribution in [0.3, 0.4) is 0 Å². The maximum Gasteiger partial charge on any atom is 0.143 e. The van der Waals surface area contributed by atoms with Crippen LogP contribution >= 0.6 is 0 Å². The minimum atomic E-state index is 0.659. The van der Waals surface area contributed by atoms with Gasteiger partial charge < -0.3 is 15.4 Å². The molecule has 2 aromatic rings. The van der Waals surface area contributed by atoms with Crippen LogP contribution in [-0.4, -0.2) is 14.2 Å². The Balaban J connectivity index is 2.46. The molecule has 0 saturated carbocycles. The number of aryl methyl sites for hydroxylation is 2. The first-order chi connectivity index (χ1) is 9.02. The highest BCUT2D eigenvalue weighted by atomic mass is 16.5. The van der Waals surface area contributed by atoms with Gasteiger partial charge in [0.2, 0.25) is 0 Å². The second kappa shape index (κ2) is 5.22. The summed E-state index contributed by atoms with van der Waals surface area (Å²) in [4.78, 5) is 2.08. The summed E-state index contributed by atoms with van der Waals surface area (Å²) in [7, 11) is 3.64. The Morgan fingerprint density at radius 1 is 1.05 bits per heavy atom. The number of benzene rings is 2. The van der Waals surface area contributed by atoms with Gasteiger partial charge in [-0.2, -0.15) is 0 Å². The molecule has 0 atom stereocenters. The van der Waals surface area contributed by atoms with Crippen molar-refractivity contribution in [2.24, 2.45) is 0 Å². The fourth-order valence-electron chi connectivity index (χ4n) is 2.29. The second-order valence-electron chi connectivity index (χ2n) is 4.80. The fraction of sp³-hybridized carbons (Fsp3) is 0.250. The average molecular weight is 256 g/mol. The molecule has 2 aromatic carbocycles. The zero-order valence-electron chi connectivity index (χ0n) is 11.9. The van der Waals surface area contributed by atoms with Crippen LogP contribution in [0, 0.1) is 13.8 Å². The number of anilines is 3. The highest BCUT2D eigenvalue weighted by molar-refractivity contribution is 5.79. The third-order valence-electron chi connectivity index (χ3n) is 3.22. The third-order valence-corrected chi connectivity index (χ3v) is 3.22. The quantitative estimate of drug-likeness (QED) is 0.852. The van der Waals surface area contributed by atoms with Crippen molar-refractivity contribution in [1.82, 2.24) is 0 Å². The van der Waals surface area contributed by atoms with Crippen molar-refractivity contribution in [3.63, 3.8) is 0 Å². The lowest BCUT2D eigenvalue weighted by Crippen LogP contribution is -2.12. The van der Waals surface area contributed by atoms with Crippen LogP contribution in [-0.2, 0) is 0 Å². The standard InChI is InChI=1S/C16H20N2O/c1-11-8-12(2)10-13(9-11)18(3)14-6-5-7-15(19-4)16(14)17/h5-10H,17H2,1-4H3. The lowest BCUT2D eigenvalue weighted by Gasteiger charge is -2.23. The topological polar surface area (TPSA) is 38.5 Å². The van der Waals surface area contributed by atoms with Gasteiger partial charge in [-0.05, 0) is 49.2 Å². The Bertz CT molecular complexity index is 573. The van der Waals surface area contributed by atoms with Crippen molar-refractivity contribution in [2.45, 2.75) is 13.8 Å². The van der Waals surface area contributed by atoms with Gasteiger partial charge in [0, 0.05) is 12.7 Å². The Morgan fingerprint density at radius 3 is 2.26 bits per heavy atom. The molecular weight excluding hydrogens is 236 g/mol. The van der Waals surface area contributed by atoms with Gasteiger partial charge in [0.15, 0.2) is 0 Å². The molecule has 0 amide bonds. The highest BCUT2D eigenvalue weighted by Crippen LogP contribution is 2.35. The third kappa shape index (κ3) is 2.65. The molecular formula is C16H20N2O. The molecule has 0 aromatic heterocycles. The van der Waals surface area contributed by atoms with E-state index in [4.69, 9.17) is 10.5 Å². The summed E-state index contributed by atoms with van der Waals surface area (Å²) in [6, 6.07) is 12.3. The monoisotopic (exact) mass is 256 g/mol. The van der Waals surface area contributed by atoms with E-state index in [0.717, 1.165) is 11.4 Å². The summed E-state index contributed by atoms with van der Waals surface area (Å²) in [6.45, 7) is 4.19. The van der Waals surface area contributed by atoms with Gasteiger partial charge in [0.25, 0.3) is 0 Å². The normalized spacial score (nSPS) is 10.3. The summed E-state index contributed by atoms with van der Waals surface area (Å²) in [5.41, 5.74) is 11.3. The van der Waals surface area contributed by atoms with E-state index in [-0.39, 0.29) is 0 Å². The molecule has 0 bridgehead atoms. The van der Waals surface area contributed by atoms with Crippen molar-refractivity contribution in [2.75, 3.05) is 24.8 Å². The molecule has 2 rings (SSSR count). The highest BCUT2D eigenvalue weighted by Gasteiger charge is 2.11. The van der Waals surface area contributed by atoms with Crippen LogP contribution in [0.4, 0.5) is 17.1 Å². The molecule has 0 spiro atoms. The molecule has 0 fully saturated rings. The van der Waals surface area contributed by atoms with Crippen LogP contribution in [0.15, 0.2) is 36.4 Å². The van der Waals surface area contributed by atoms with E-state index < -0.39 is 0 Å². The van der Waals surface area contributed by atoms with Gasteiger partial charge in [-0.25, -0.2) is 0 Å². The summed E-state index contributed by atoms with van der Waals surface area (Å²) in [5, 5.41) is 0. The molecule has 0 aliphatic heterocycles. The lowest BCUT2D eigenvalue weighted by molar-refractivity contribution is 0.417. The molecule has 100 valence electrons. The van der Waals surface area contributed by atoms with Gasteiger partial charge >= 0.3 is 0 Å². The molecule has 0 radical (unpaired) electrons. The van der Waals surface area contributed by atoms with E-state index in [2.05, 4.69) is 36.9 Å². The lowest BCUT2D eigenvalue weighted by atomic mass is 10.1. The number of para-hydroxylation sites is 1. The van der Waals surface area contributed by atoms with E-state index in [0.29, 0.717) is 11.4 Å². The van der Waals surface area contributed by atoms with Crippen molar-refractivity contribution in [1.29, 1.82) is 0 Å². The number of hydrogen-bond acceptors (Lipinski definition) is 3. The van der Waals surface area contributed by atoms with E-state index in [9.17, 15) is 0 Å². The van der Waals surface area contributed by atoms with Crippen molar-refractivity contribution < 1.29 is 4.74 Å². The van der Waals surface area contributed by atoms with Gasteiger partial charge in [-0.15, -0.1) is 0 Å². The maximum absolute atomic E-state index is 6.14. The molecule has 0 unspecified atom stereocenters. The number of nitrogen functional groups attached to an aromatic ring is 1. The van der Waals surface area contributed by atoms with Gasteiger partial charge in [-0.3, -0.25) is 0 Å². The Morgan fingerprint density at radius 2 is 1.68 bits per heavy atom. The molecule has 2 N–H and O–H groups in total. The fourth-order valence-corrected chi connectivity index (χ4v) is 2.29. The average Bonchev–Trinajstić information content (AvgIpc) is 2.37. The maximum atomic E-state index is 6.14. The van der Waals surface area contributed by atoms with E-state index in [1.54, 1.807) is 7.11 Å². The predicted molar refractivity (Wildman–Crippen MR) is 81.4 cm³/mol. The number of rotatable bonds is 3. The molecule has 0 saturated heterocycles. The van der Waals surface area contributed by atoms with E-state index in [1.807, 2.05) is 25.2 Å². The molecule has 0 aliphatic rings. The summed E-state index contributed by atoms with van der Waals surface area (Å²) < 4.78 is 5.27. The van der Waals surface area contributed by atoms with Crippen LogP contribution < -0.4 is 15.4 Å². The zero-order valence-corrected chi connectivity index (χ0v) is 11.9. The first-order valence-electron chi connectivity index (χ1n) is 6.27. The zero-order chi connectivity index (χ0) is 14.0. The largest absolute Gasteiger partial charge is 0.495 e. The Hall–Kier alpha value is -2.16. The summed E-state index contributed by atoms with van der Waals surface area (Å²) in [6.07, 6.45) is 0.